The summed E-state index contributed by atoms with van der Waals surface area (Å²) in [6.07, 6.45) is 1.49. The molecular weight excluding hydrogens is 336 g/mol. The van der Waals surface area contributed by atoms with Crippen LogP contribution in [0.15, 0.2) is 28.7 Å². The van der Waals surface area contributed by atoms with E-state index >= 15 is 0 Å². The smallest absolute Gasteiger partial charge is 0.277 e. The van der Waals surface area contributed by atoms with E-state index in [9.17, 15) is 9.59 Å². The maximum Gasteiger partial charge on any atom is 0.277 e. The first-order valence-corrected chi connectivity index (χ1v) is 8.79. The van der Waals surface area contributed by atoms with Crippen molar-refractivity contribution in [3.8, 4) is 0 Å². The first-order chi connectivity index (χ1) is 11.6. The summed E-state index contributed by atoms with van der Waals surface area (Å²) in [5.41, 5.74) is 4.23. The number of H-pyrrole nitrogens is 1. The number of rotatable bonds is 5. The maximum atomic E-state index is 13.0. The van der Waals surface area contributed by atoms with Crippen LogP contribution in [0.5, 0.6) is 0 Å². The molecule has 0 unspecified atom stereocenters. The van der Waals surface area contributed by atoms with Crippen molar-refractivity contribution in [3.05, 3.63) is 61.5 Å². The van der Waals surface area contributed by atoms with E-state index in [0.717, 1.165) is 22.3 Å². The summed E-state index contributed by atoms with van der Waals surface area (Å²) in [7, 11) is 0. The number of benzene rings is 1. The fourth-order valence-electron chi connectivity index (χ4n) is 2.85. The van der Waals surface area contributed by atoms with Crippen LogP contribution in [0.1, 0.15) is 61.7 Å². The molecule has 0 aliphatic rings. The summed E-state index contributed by atoms with van der Waals surface area (Å²) < 4.78 is 1.48. The molecule has 0 bridgehead atoms. The first-order valence-electron chi connectivity index (χ1n) is 8.41. The normalized spacial score (nSPS) is 11.0. The number of hydrogen-bond donors (Lipinski definition) is 1. The Kier molecular flexibility index (Phi) is 5.73. The fourth-order valence-corrected chi connectivity index (χ4v) is 3.20. The van der Waals surface area contributed by atoms with Gasteiger partial charge in [-0.25, -0.2) is 0 Å². The van der Waals surface area contributed by atoms with Crippen molar-refractivity contribution in [2.75, 3.05) is 0 Å². The molecule has 0 fully saturated rings. The van der Waals surface area contributed by atoms with E-state index in [0.29, 0.717) is 23.0 Å². The van der Waals surface area contributed by atoms with Crippen molar-refractivity contribution in [1.29, 1.82) is 0 Å². The van der Waals surface area contributed by atoms with Crippen LogP contribution >= 0.6 is 11.6 Å². The minimum absolute atomic E-state index is 0.159. The van der Waals surface area contributed by atoms with Crippen LogP contribution in [-0.4, -0.2) is 15.6 Å². The second-order valence-electron chi connectivity index (χ2n) is 7.05. The molecule has 0 amide bonds. The van der Waals surface area contributed by atoms with Gasteiger partial charge in [0.05, 0.1) is 0 Å². The van der Waals surface area contributed by atoms with E-state index in [-0.39, 0.29) is 16.9 Å². The van der Waals surface area contributed by atoms with Crippen molar-refractivity contribution in [2.24, 2.45) is 5.92 Å². The van der Waals surface area contributed by atoms with Crippen LogP contribution in [0.3, 0.4) is 0 Å². The van der Waals surface area contributed by atoms with Crippen LogP contribution in [-0.2, 0) is 6.54 Å². The predicted octanol–water partition coefficient (Wildman–Crippen LogP) is 4.84. The van der Waals surface area contributed by atoms with Crippen LogP contribution in [0.4, 0.5) is 0 Å². The zero-order valence-corrected chi connectivity index (χ0v) is 16.4. The molecule has 2 rings (SSSR count). The molecule has 2 aromatic rings. The lowest BCUT2D eigenvalue weighted by molar-refractivity contribution is 0.103. The summed E-state index contributed by atoms with van der Waals surface area (Å²) in [5, 5.41) is 3.50. The summed E-state index contributed by atoms with van der Waals surface area (Å²) >= 11 is 6.37. The molecule has 4 nitrogen and oxygen atoms in total. The van der Waals surface area contributed by atoms with Gasteiger partial charge >= 0.3 is 0 Å². The molecule has 5 heteroatoms. The Morgan fingerprint density at radius 1 is 1.20 bits per heavy atom. The number of carbonyl (C=O) groups is 1. The van der Waals surface area contributed by atoms with E-state index in [1.165, 1.54) is 10.9 Å². The number of halogens is 1. The molecule has 134 valence electrons. The molecule has 0 atom stereocenters. The number of carbonyl (C=O) groups excluding carboxylic acids is 1. The molecule has 1 aromatic heterocycles. The Hall–Kier alpha value is -2.07. The Labute approximate surface area is 153 Å². The summed E-state index contributed by atoms with van der Waals surface area (Å²) in [6, 6.07) is 3.42. The number of aromatic nitrogens is 2. The lowest BCUT2D eigenvalue weighted by Crippen LogP contribution is -2.24. The van der Waals surface area contributed by atoms with E-state index in [1.54, 1.807) is 12.1 Å². The van der Waals surface area contributed by atoms with Gasteiger partial charge in [-0.05, 0) is 62.4 Å². The number of aromatic amines is 1. The Balaban J connectivity index is 2.55. The molecule has 25 heavy (non-hydrogen) atoms. The summed E-state index contributed by atoms with van der Waals surface area (Å²) in [5.74, 6) is 0.0317. The van der Waals surface area contributed by atoms with Crippen LogP contribution in [0, 0.1) is 12.8 Å². The average Bonchev–Trinajstić information content (AvgIpc) is 2.87. The van der Waals surface area contributed by atoms with Crippen molar-refractivity contribution in [1.82, 2.24) is 9.78 Å². The van der Waals surface area contributed by atoms with Gasteiger partial charge in [-0.2, -0.15) is 0 Å². The predicted molar refractivity (Wildman–Crippen MR) is 103 cm³/mol. The largest absolute Gasteiger partial charge is 0.302 e. The third-order valence-electron chi connectivity index (χ3n) is 4.42. The Morgan fingerprint density at radius 3 is 2.40 bits per heavy atom. The van der Waals surface area contributed by atoms with Gasteiger partial charge in [-0.3, -0.25) is 14.3 Å². The Bertz CT molecular complexity index is 897. The quantitative estimate of drug-likeness (QED) is 0.776. The molecule has 0 saturated heterocycles. The summed E-state index contributed by atoms with van der Waals surface area (Å²) in [6.45, 7) is 12.5. The average molecular weight is 361 g/mol. The minimum atomic E-state index is -0.284. The van der Waals surface area contributed by atoms with Gasteiger partial charge < -0.3 is 5.10 Å². The van der Waals surface area contributed by atoms with Crippen molar-refractivity contribution >= 4 is 23.0 Å². The van der Waals surface area contributed by atoms with Crippen LogP contribution in [0.2, 0.25) is 5.02 Å². The highest BCUT2D eigenvalue weighted by atomic mass is 35.5. The standard InChI is InChI=1S/C20H25ClN2O2/c1-11(2)10-23-20(25)16(9-22-23)19(24)15-7-8-17(21)18(14(15)6)13(5)12(3)4/h7-9,11,22H,10H2,1-6H3. The number of allylic oxidation sites excluding steroid dienone is 2. The van der Waals surface area contributed by atoms with Gasteiger partial charge in [0.2, 0.25) is 0 Å². The van der Waals surface area contributed by atoms with Gasteiger partial charge in [-0.1, -0.05) is 31.0 Å². The molecule has 1 aromatic carbocycles. The fraction of sp³-hybridized carbons (Fsp3) is 0.400. The number of hydrogen-bond acceptors (Lipinski definition) is 2. The highest BCUT2D eigenvalue weighted by Crippen LogP contribution is 2.31. The topological polar surface area (TPSA) is 54.9 Å². The van der Waals surface area contributed by atoms with Crippen LogP contribution < -0.4 is 5.56 Å². The van der Waals surface area contributed by atoms with Crippen molar-refractivity contribution in [2.45, 2.75) is 48.1 Å². The molecule has 0 saturated carbocycles. The maximum absolute atomic E-state index is 13.0. The second kappa shape index (κ2) is 7.44. The van der Waals surface area contributed by atoms with E-state index in [1.807, 2.05) is 41.5 Å². The molecule has 0 radical (unpaired) electrons. The lowest BCUT2D eigenvalue weighted by Gasteiger charge is -2.14. The highest BCUT2D eigenvalue weighted by molar-refractivity contribution is 6.32. The third-order valence-corrected chi connectivity index (χ3v) is 4.73. The molecule has 1 heterocycles. The monoisotopic (exact) mass is 360 g/mol. The van der Waals surface area contributed by atoms with Crippen molar-refractivity contribution in [3.63, 3.8) is 0 Å². The molecule has 1 N–H and O–H groups in total. The molecule has 0 aliphatic heterocycles. The number of nitrogens with one attached hydrogen (secondary N) is 1. The first kappa shape index (κ1) is 19.3. The minimum Gasteiger partial charge on any atom is -0.302 e. The van der Waals surface area contributed by atoms with E-state index in [2.05, 4.69) is 5.10 Å². The van der Waals surface area contributed by atoms with Gasteiger partial charge in [0.1, 0.15) is 5.56 Å². The molecular formula is C20H25ClN2O2. The highest BCUT2D eigenvalue weighted by Gasteiger charge is 2.21. The summed E-state index contributed by atoms with van der Waals surface area (Å²) in [4.78, 5) is 25.5. The van der Waals surface area contributed by atoms with E-state index < -0.39 is 0 Å². The van der Waals surface area contributed by atoms with Crippen LogP contribution in [0.25, 0.3) is 5.57 Å². The zero-order valence-electron chi connectivity index (χ0n) is 15.7. The second-order valence-corrected chi connectivity index (χ2v) is 7.45. The van der Waals surface area contributed by atoms with Gasteiger partial charge in [0.15, 0.2) is 5.78 Å². The Morgan fingerprint density at radius 2 is 1.84 bits per heavy atom. The van der Waals surface area contributed by atoms with Gasteiger partial charge in [0, 0.05) is 23.3 Å². The SMILES string of the molecule is CC(C)=C(C)c1c(Cl)ccc(C(=O)c2c[nH]n(CC(C)C)c2=O)c1C. The third kappa shape index (κ3) is 3.79. The molecule has 0 spiro atoms. The van der Waals surface area contributed by atoms with Gasteiger partial charge in [0.25, 0.3) is 5.56 Å². The number of ketones is 1. The van der Waals surface area contributed by atoms with Gasteiger partial charge in [-0.15, -0.1) is 0 Å². The number of nitrogens with zero attached hydrogens (tertiary/aromatic N) is 1. The lowest BCUT2D eigenvalue weighted by atomic mass is 9.92. The van der Waals surface area contributed by atoms with E-state index in [4.69, 9.17) is 11.6 Å². The van der Waals surface area contributed by atoms with Crippen molar-refractivity contribution < 1.29 is 4.79 Å². The zero-order chi connectivity index (χ0) is 18.9. The molecule has 0 aliphatic carbocycles.